The summed E-state index contributed by atoms with van der Waals surface area (Å²) in [4.78, 5) is 0. The summed E-state index contributed by atoms with van der Waals surface area (Å²) < 4.78 is 3.06. The minimum Gasteiger partial charge on any atom is -0.327 e. The van der Waals surface area contributed by atoms with Crippen molar-refractivity contribution in [3.63, 3.8) is 0 Å². The monoisotopic (exact) mass is 259 g/mol. The van der Waals surface area contributed by atoms with Gasteiger partial charge in [-0.05, 0) is 28.8 Å². The van der Waals surface area contributed by atoms with Gasteiger partial charge < -0.3 is 5.73 Å². The van der Waals surface area contributed by atoms with Gasteiger partial charge in [0.05, 0.1) is 15.9 Å². The molecule has 14 heavy (non-hydrogen) atoms. The quantitative estimate of drug-likeness (QED) is 0.900. The van der Waals surface area contributed by atoms with E-state index in [0.717, 1.165) is 29.4 Å². The second-order valence-electron chi connectivity index (χ2n) is 3.56. The van der Waals surface area contributed by atoms with Crippen LogP contribution >= 0.6 is 15.9 Å². The van der Waals surface area contributed by atoms with Gasteiger partial charge >= 0.3 is 0 Å². The first-order valence-electron chi connectivity index (χ1n) is 5.05. The largest absolute Gasteiger partial charge is 0.327 e. The molecule has 2 N–H and O–H groups in total. The van der Waals surface area contributed by atoms with Crippen LogP contribution in [0, 0.1) is 0 Å². The summed E-state index contributed by atoms with van der Waals surface area (Å²) in [5.41, 5.74) is 8.25. The van der Waals surface area contributed by atoms with Crippen LogP contribution in [0.5, 0.6) is 0 Å². The van der Waals surface area contributed by atoms with Crippen LogP contribution in [0.15, 0.2) is 4.47 Å². The Morgan fingerprint density at radius 2 is 2.14 bits per heavy atom. The fourth-order valence-electron chi connectivity index (χ4n) is 1.43. The Balaban J connectivity index is 2.90. The number of halogens is 1. The summed E-state index contributed by atoms with van der Waals surface area (Å²) in [6.07, 6.45) is 2.84. The molecule has 0 fully saturated rings. The molecule has 1 aromatic rings. The number of aryl methyl sites for hydroxylation is 2. The minimum absolute atomic E-state index is 0.228. The molecule has 0 spiro atoms. The molecule has 0 saturated heterocycles. The van der Waals surface area contributed by atoms with Crippen molar-refractivity contribution >= 4 is 15.9 Å². The van der Waals surface area contributed by atoms with Gasteiger partial charge in [0.2, 0.25) is 0 Å². The first-order valence-corrected chi connectivity index (χ1v) is 5.85. The first kappa shape index (κ1) is 11.7. The highest BCUT2D eigenvalue weighted by molar-refractivity contribution is 9.10. The SMILES string of the molecule is CCc1nn(C)c(CC(N)CC)c1Br. The predicted octanol–water partition coefficient (Wildman–Crippen LogP) is 2.02. The molecule has 1 unspecified atom stereocenters. The summed E-state index contributed by atoms with van der Waals surface area (Å²) in [5, 5.41) is 4.43. The van der Waals surface area contributed by atoms with Crippen molar-refractivity contribution in [3.8, 4) is 0 Å². The van der Waals surface area contributed by atoms with E-state index >= 15 is 0 Å². The zero-order chi connectivity index (χ0) is 10.7. The lowest BCUT2D eigenvalue weighted by atomic mass is 10.1. The van der Waals surface area contributed by atoms with Gasteiger partial charge in [0, 0.05) is 19.5 Å². The molecule has 0 aliphatic carbocycles. The maximum atomic E-state index is 5.93. The van der Waals surface area contributed by atoms with E-state index in [0.29, 0.717) is 0 Å². The number of nitrogens with two attached hydrogens (primary N) is 1. The van der Waals surface area contributed by atoms with Crippen molar-refractivity contribution in [1.82, 2.24) is 9.78 Å². The van der Waals surface area contributed by atoms with E-state index in [1.54, 1.807) is 0 Å². The van der Waals surface area contributed by atoms with Crippen LogP contribution in [-0.2, 0) is 19.9 Å². The Kier molecular flexibility index (Phi) is 4.13. The van der Waals surface area contributed by atoms with Gasteiger partial charge in [-0.3, -0.25) is 4.68 Å². The molecular weight excluding hydrogens is 242 g/mol. The summed E-state index contributed by atoms with van der Waals surface area (Å²) in [6, 6.07) is 0.228. The van der Waals surface area contributed by atoms with E-state index < -0.39 is 0 Å². The van der Waals surface area contributed by atoms with E-state index in [-0.39, 0.29) is 6.04 Å². The third kappa shape index (κ3) is 2.36. The molecular formula is C10H18BrN3. The number of hydrogen-bond donors (Lipinski definition) is 1. The fourth-order valence-corrected chi connectivity index (χ4v) is 2.21. The summed E-state index contributed by atoms with van der Waals surface area (Å²) in [6.45, 7) is 4.21. The summed E-state index contributed by atoms with van der Waals surface area (Å²) >= 11 is 3.58. The Hall–Kier alpha value is -0.350. The zero-order valence-corrected chi connectivity index (χ0v) is 10.6. The molecule has 80 valence electrons. The summed E-state index contributed by atoms with van der Waals surface area (Å²) in [5.74, 6) is 0. The smallest absolute Gasteiger partial charge is 0.0766 e. The third-order valence-electron chi connectivity index (χ3n) is 2.48. The maximum absolute atomic E-state index is 5.93. The number of aromatic nitrogens is 2. The highest BCUT2D eigenvalue weighted by Gasteiger charge is 2.14. The van der Waals surface area contributed by atoms with E-state index in [9.17, 15) is 0 Å². The predicted molar refractivity (Wildman–Crippen MR) is 62.3 cm³/mol. The van der Waals surface area contributed by atoms with Gasteiger partial charge in [0.25, 0.3) is 0 Å². The Bertz CT molecular complexity index is 307. The molecule has 0 radical (unpaired) electrons. The van der Waals surface area contributed by atoms with Crippen LogP contribution in [-0.4, -0.2) is 15.8 Å². The van der Waals surface area contributed by atoms with Crippen molar-refractivity contribution in [1.29, 1.82) is 0 Å². The Labute approximate surface area is 93.8 Å². The highest BCUT2D eigenvalue weighted by Crippen LogP contribution is 2.22. The maximum Gasteiger partial charge on any atom is 0.0766 e. The zero-order valence-electron chi connectivity index (χ0n) is 9.05. The molecule has 1 heterocycles. The average Bonchev–Trinajstić information content (AvgIpc) is 2.44. The molecule has 0 aromatic carbocycles. The first-order chi connectivity index (χ1) is 6.60. The molecule has 0 aliphatic heterocycles. The Morgan fingerprint density at radius 1 is 1.50 bits per heavy atom. The van der Waals surface area contributed by atoms with Gasteiger partial charge in [-0.15, -0.1) is 0 Å². The van der Waals surface area contributed by atoms with Crippen molar-refractivity contribution < 1.29 is 0 Å². The molecule has 0 saturated carbocycles. The number of hydrogen-bond acceptors (Lipinski definition) is 2. The second kappa shape index (κ2) is 4.94. The molecule has 0 bridgehead atoms. The lowest BCUT2D eigenvalue weighted by Crippen LogP contribution is -2.23. The van der Waals surface area contributed by atoms with Gasteiger partial charge in [0.1, 0.15) is 0 Å². The highest BCUT2D eigenvalue weighted by atomic mass is 79.9. The minimum atomic E-state index is 0.228. The molecule has 1 aromatic heterocycles. The molecule has 0 amide bonds. The van der Waals surface area contributed by atoms with E-state index in [1.165, 1.54) is 5.69 Å². The van der Waals surface area contributed by atoms with Gasteiger partial charge in [0.15, 0.2) is 0 Å². The van der Waals surface area contributed by atoms with E-state index in [4.69, 9.17) is 5.73 Å². The fraction of sp³-hybridized carbons (Fsp3) is 0.700. The lowest BCUT2D eigenvalue weighted by Gasteiger charge is -2.08. The van der Waals surface area contributed by atoms with Crippen LogP contribution in [0.1, 0.15) is 31.7 Å². The molecule has 0 aliphatic rings. The van der Waals surface area contributed by atoms with Crippen molar-refractivity contribution in [3.05, 3.63) is 15.9 Å². The number of rotatable bonds is 4. The number of nitrogens with zero attached hydrogens (tertiary/aromatic N) is 2. The van der Waals surface area contributed by atoms with Crippen LogP contribution in [0.2, 0.25) is 0 Å². The van der Waals surface area contributed by atoms with E-state index in [2.05, 4.69) is 34.9 Å². The van der Waals surface area contributed by atoms with Gasteiger partial charge in [-0.25, -0.2) is 0 Å². The second-order valence-corrected chi connectivity index (χ2v) is 4.35. The molecule has 4 heteroatoms. The van der Waals surface area contributed by atoms with Crippen molar-refractivity contribution in [2.75, 3.05) is 0 Å². The van der Waals surface area contributed by atoms with E-state index in [1.807, 2.05) is 11.7 Å². The van der Waals surface area contributed by atoms with Crippen LogP contribution in [0.25, 0.3) is 0 Å². The third-order valence-corrected chi connectivity index (χ3v) is 3.40. The van der Waals surface area contributed by atoms with Crippen molar-refractivity contribution in [2.45, 2.75) is 39.2 Å². The summed E-state index contributed by atoms with van der Waals surface area (Å²) in [7, 11) is 1.97. The van der Waals surface area contributed by atoms with Gasteiger partial charge in [-0.2, -0.15) is 5.10 Å². The molecule has 3 nitrogen and oxygen atoms in total. The average molecular weight is 260 g/mol. The van der Waals surface area contributed by atoms with Crippen LogP contribution in [0.4, 0.5) is 0 Å². The molecule has 1 rings (SSSR count). The molecule has 1 atom stereocenters. The standard InChI is InChI=1S/C10H18BrN3/c1-4-7(12)6-9-10(11)8(5-2)13-14(9)3/h7H,4-6,12H2,1-3H3. The topological polar surface area (TPSA) is 43.8 Å². The Morgan fingerprint density at radius 3 is 2.57 bits per heavy atom. The lowest BCUT2D eigenvalue weighted by molar-refractivity contribution is 0.599. The van der Waals surface area contributed by atoms with Crippen LogP contribution in [0.3, 0.4) is 0 Å². The van der Waals surface area contributed by atoms with Gasteiger partial charge in [-0.1, -0.05) is 13.8 Å². The van der Waals surface area contributed by atoms with Crippen molar-refractivity contribution in [2.24, 2.45) is 12.8 Å². The normalized spacial score (nSPS) is 13.2. The van der Waals surface area contributed by atoms with Crippen LogP contribution < -0.4 is 5.73 Å².